The minimum absolute atomic E-state index is 0.990. The molecule has 106 valence electrons. The molecule has 0 nitrogen and oxygen atoms in total. The molecule has 2 unspecified atom stereocenters. The summed E-state index contributed by atoms with van der Waals surface area (Å²) in [6.07, 6.45) is 16.7. The van der Waals surface area contributed by atoms with E-state index in [0.29, 0.717) is 0 Å². The van der Waals surface area contributed by atoms with Gasteiger partial charge in [0.05, 0.1) is 0 Å². The molecule has 0 radical (unpaired) electrons. The van der Waals surface area contributed by atoms with Crippen LogP contribution in [0.3, 0.4) is 0 Å². The second-order valence-corrected chi connectivity index (χ2v) is 8.81. The maximum Gasteiger partial charge on any atom is -0.0193 e. The monoisotopic (exact) mass is 276 g/mol. The number of hydrogen-bond acceptors (Lipinski definition) is 0. The van der Waals surface area contributed by atoms with E-state index >= 15 is 0 Å². The highest BCUT2D eigenvalue weighted by atomic mass is 31.1. The van der Waals surface area contributed by atoms with Crippen molar-refractivity contribution < 1.29 is 0 Å². The van der Waals surface area contributed by atoms with Gasteiger partial charge in [-0.1, -0.05) is 39.2 Å². The lowest BCUT2D eigenvalue weighted by Gasteiger charge is -2.51. The van der Waals surface area contributed by atoms with E-state index in [1.165, 1.54) is 19.3 Å². The first-order valence-corrected chi connectivity index (χ1v) is 10.2. The van der Waals surface area contributed by atoms with E-state index in [2.05, 4.69) is 12.7 Å². The lowest BCUT2D eigenvalue weighted by Crippen LogP contribution is -2.43. The molecule has 3 saturated carbocycles. The van der Waals surface area contributed by atoms with Gasteiger partial charge in [-0.25, -0.2) is 0 Å². The van der Waals surface area contributed by atoms with Crippen LogP contribution in [-0.2, 0) is 0 Å². The topological polar surface area (TPSA) is 0 Å². The molecule has 7 atom stereocenters. The molecule has 0 aliphatic heterocycles. The molecule has 4 rings (SSSR count). The first-order chi connectivity index (χ1) is 9.36. The molecule has 3 fully saturated rings. The Morgan fingerprint density at radius 3 is 2.53 bits per heavy atom. The second kappa shape index (κ2) is 5.18. The summed E-state index contributed by atoms with van der Waals surface area (Å²) in [5, 5.41) is 1.82. The van der Waals surface area contributed by atoms with Crippen LogP contribution in [-0.4, -0.2) is 6.66 Å². The highest BCUT2D eigenvalue weighted by Gasteiger charge is 2.48. The maximum absolute atomic E-state index is 2.70. The average Bonchev–Trinajstić information content (AvgIpc) is 2.90. The lowest BCUT2D eigenvalue weighted by molar-refractivity contribution is -0.0140. The summed E-state index contributed by atoms with van der Waals surface area (Å²) in [6, 6.07) is 0. The van der Waals surface area contributed by atoms with Crippen molar-refractivity contribution in [1.29, 1.82) is 0 Å². The van der Waals surface area contributed by atoms with Crippen LogP contribution in [0.15, 0.2) is 11.4 Å². The zero-order valence-corrected chi connectivity index (χ0v) is 13.4. The molecule has 0 aromatic carbocycles. The van der Waals surface area contributed by atoms with Crippen LogP contribution in [0.1, 0.15) is 57.8 Å². The Balaban J connectivity index is 1.53. The Bertz CT molecular complexity index is 372. The predicted molar refractivity (Wildman–Crippen MR) is 84.8 cm³/mol. The summed E-state index contributed by atoms with van der Waals surface area (Å²) in [6.45, 7) is 2.39. The molecule has 0 aromatic rings. The number of allylic oxidation sites excluding steroid dienone is 2. The average molecular weight is 276 g/mol. The van der Waals surface area contributed by atoms with Crippen molar-refractivity contribution >= 4 is 8.58 Å². The van der Waals surface area contributed by atoms with Crippen LogP contribution in [0.5, 0.6) is 0 Å². The quantitative estimate of drug-likeness (QED) is 0.559. The zero-order chi connectivity index (χ0) is 12.8. The van der Waals surface area contributed by atoms with Gasteiger partial charge in [-0.15, -0.1) is 0 Å². The van der Waals surface area contributed by atoms with Crippen LogP contribution in [0.2, 0.25) is 0 Å². The number of hydrogen-bond donors (Lipinski definition) is 0. The largest absolute Gasteiger partial charge is 0.0984 e. The fourth-order valence-corrected chi connectivity index (χ4v) is 7.07. The van der Waals surface area contributed by atoms with Crippen LogP contribution < -0.4 is 0 Å². The van der Waals surface area contributed by atoms with Gasteiger partial charge in [0.2, 0.25) is 0 Å². The normalized spacial score (nSPS) is 49.6. The third kappa shape index (κ3) is 2.14. The first kappa shape index (κ1) is 12.9. The fourth-order valence-electron chi connectivity index (χ4n) is 6.25. The zero-order valence-electron chi connectivity index (χ0n) is 12.4. The molecule has 0 heterocycles. The summed E-state index contributed by atoms with van der Waals surface area (Å²) in [4.78, 5) is 0. The molecule has 1 heteroatoms. The highest BCUT2D eigenvalue weighted by Crippen LogP contribution is 2.58. The van der Waals surface area contributed by atoms with Crippen molar-refractivity contribution in [3.8, 4) is 0 Å². The summed E-state index contributed by atoms with van der Waals surface area (Å²) in [5.41, 5.74) is 0. The molecule has 0 spiro atoms. The van der Waals surface area contributed by atoms with Crippen molar-refractivity contribution in [2.75, 3.05) is 6.66 Å². The first-order valence-electron chi connectivity index (χ1n) is 8.75. The fraction of sp³-hybridized carbons (Fsp3) is 0.889. The van der Waals surface area contributed by atoms with E-state index < -0.39 is 0 Å². The van der Waals surface area contributed by atoms with Crippen molar-refractivity contribution in [2.24, 2.45) is 35.5 Å². The third-order valence-corrected chi connectivity index (χ3v) is 8.08. The standard InChI is InChI=1S/C18H29P/c1-19-14-10-13-7-9-16-15-5-3-2-4-12(15)6-8-17(16)18(13)11-14/h10,12-13,15-19H,2-9,11H2,1H3/t12?,13-,15+,16-,17-,18-/m1/s1. The van der Waals surface area contributed by atoms with Crippen LogP contribution in [0, 0.1) is 35.5 Å². The molecule has 0 N–H and O–H groups in total. The summed E-state index contributed by atoms with van der Waals surface area (Å²) in [7, 11) is 1.08. The SMILES string of the molecule is CPC1=C[C@H]2CC[C@H]3[C@@H](CCC4CCCC[C@@H]43)[C@@H]2C1. The maximum atomic E-state index is 2.70. The minimum Gasteiger partial charge on any atom is -0.0984 e. The molecular weight excluding hydrogens is 247 g/mol. The summed E-state index contributed by atoms with van der Waals surface area (Å²) < 4.78 is 0. The number of fused-ring (bicyclic) bond motifs is 5. The van der Waals surface area contributed by atoms with Crippen molar-refractivity contribution in [3.63, 3.8) is 0 Å². The molecular formula is C18H29P. The van der Waals surface area contributed by atoms with Gasteiger partial charge in [0.1, 0.15) is 0 Å². The number of rotatable bonds is 1. The van der Waals surface area contributed by atoms with Crippen molar-refractivity contribution in [1.82, 2.24) is 0 Å². The molecule has 4 aliphatic carbocycles. The molecule has 0 saturated heterocycles. The molecule has 4 aliphatic rings. The lowest BCUT2D eigenvalue weighted by atomic mass is 9.54. The van der Waals surface area contributed by atoms with E-state index in [-0.39, 0.29) is 0 Å². The second-order valence-electron chi connectivity index (χ2n) is 7.66. The minimum atomic E-state index is 0.990. The Labute approximate surface area is 120 Å². The van der Waals surface area contributed by atoms with Gasteiger partial charge in [0, 0.05) is 0 Å². The van der Waals surface area contributed by atoms with Gasteiger partial charge < -0.3 is 0 Å². The van der Waals surface area contributed by atoms with Gasteiger partial charge in [0.25, 0.3) is 0 Å². The van der Waals surface area contributed by atoms with Gasteiger partial charge in [-0.2, -0.15) is 0 Å². The molecule has 0 bridgehead atoms. The Kier molecular flexibility index (Phi) is 3.51. The van der Waals surface area contributed by atoms with Crippen LogP contribution >= 0.6 is 8.58 Å². The van der Waals surface area contributed by atoms with E-state index in [0.717, 1.165) is 44.1 Å². The van der Waals surface area contributed by atoms with E-state index in [4.69, 9.17) is 0 Å². The van der Waals surface area contributed by atoms with Crippen molar-refractivity contribution in [2.45, 2.75) is 57.8 Å². The molecule has 0 aromatic heterocycles. The Morgan fingerprint density at radius 1 is 0.842 bits per heavy atom. The van der Waals surface area contributed by atoms with Crippen LogP contribution in [0.25, 0.3) is 0 Å². The summed E-state index contributed by atoms with van der Waals surface area (Å²) in [5.74, 6) is 6.58. The van der Waals surface area contributed by atoms with Gasteiger partial charge in [-0.05, 0) is 80.7 Å². The van der Waals surface area contributed by atoms with Gasteiger partial charge >= 0.3 is 0 Å². The van der Waals surface area contributed by atoms with Gasteiger partial charge in [-0.3, -0.25) is 0 Å². The molecule has 0 amide bonds. The molecule has 19 heavy (non-hydrogen) atoms. The van der Waals surface area contributed by atoms with E-state index in [9.17, 15) is 0 Å². The Hall–Kier alpha value is 0.170. The van der Waals surface area contributed by atoms with Crippen LogP contribution in [0.4, 0.5) is 0 Å². The Morgan fingerprint density at radius 2 is 1.63 bits per heavy atom. The smallest absolute Gasteiger partial charge is 0.0193 e. The summed E-state index contributed by atoms with van der Waals surface area (Å²) >= 11 is 0. The predicted octanol–water partition coefficient (Wildman–Crippen LogP) is 5.44. The van der Waals surface area contributed by atoms with Crippen molar-refractivity contribution in [3.05, 3.63) is 11.4 Å². The highest BCUT2D eigenvalue weighted by molar-refractivity contribution is 7.42. The third-order valence-electron chi connectivity index (χ3n) is 7.06. The van der Waals surface area contributed by atoms with E-state index in [1.807, 2.05) is 5.31 Å². The van der Waals surface area contributed by atoms with Gasteiger partial charge in [0.15, 0.2) is 0 Å². The van der Waals surface area contributed by atoms with E-state index in [1.54, 1.807) is 38.5 Å².